The first-order valence-corrected chi connectivity index (χ1v) is 5.27. The molecule has 2 N–H and O–H groups in total. The summed E-state index contributed by atoms with van der Waals surface area (Å²) in [6.45, 7) is -0.0531. The van der Waals surface area contributed by atoms with E-state index in [0.29, 0.717) is 0 Å². The van der Waals surface area contributed by atoms with Crippen LogP contribution in [-0.4, -0.2) is 17.6 Å². The van der Waals surface area contributed by atoms with Crippen LogP contribution in [0.2, 0.25) is 0 Å². The fraction of sp³-hybridized carbons (Fsp3) is 0.417. The molecule has 1 fully saturated rings. The Bertz CT molecular complexity index is 333. The molecule has 0 bridgehead atoms. The van der Waals surface area contributed by atoms with Gasteiger partial charge < -0.3 is 10.4 Å². The molecule has 0 aromatic heterocycles. The molecular weight excluding hydrogens is 190 g/mol. The molecule has 3 nitrogen and oxygen atoms in total. The molecule has 1 atom stereocenters. The van der Waals surface area contributed by atoms with Crippen molar-refractivity contribution in [2.75, 3.05) is 6.61 Å². The Kier molecular flexibility index (Phi) is 3.02. The van der Waals surface area contributed by atoms with Crippen molar-refractivity contribution in [2.24, 2.45) is 5.92 Å². The van der Waals surface area contributed by atoms with Crippen LogP contribution in [0.1, 0.15) is 24.4 Å². The van der Waals surface area contributed by atoms with Crippen LogP contribution in [0.3, 0.4) is 0 Å². The third kappa shape index (κ3) is 2.57. The third-order valence-electron chi connectivity index (χ3n) is 2.65. The Morgan fingerprint density at radius 2 is 2.07 bits per heavy atom. The van der Waals surface area contributed by atoms with E-state index in [1.807, 2.05) is 30.3 Å². The number of hydrogen-bond donors (Lipinski definition) is 2. The summed E-state index contributed by atoms with van der Waals surface area (Å²) in [5.74, 6) is 0.251. The van der Waals surface area contributed by atoms with Crippen LogP contribution in [0, 0.1) is 5.92 Å². The molecule has 0 aliphatic heterocycles. The zero-order chi connectivity index (χ0) is 10.7. The lowest BCUT2D eigenvalue weighted by Crippen LogP contribution is -2.31. The first kappa shape index (κ1) is 10.2. The van der Waals surface area contributed by atoms with Crippen molar-refractivity contribution < 1.29 is 9.90 Å². The number of rotatable bonds is 4. The van der Waals surface area contributed by atoms with Crippen molar-refractivity contribution >= 4 is 5.91 Å². The molecule has 80 valence electrons. The fourth-order valence-corrected chi connectivity index (χ4v) is 1.55. The number of nitrogens with one attached hydrogen (secondary N) is 1. The molecule has 0 heterocycles. The van der Waals surface area contributed by atoms with Crippen LogP contribution in [0.25, 0.3) is 0 Å². The lowest BCUT2D eigenvalue weighted by atomic mass is 10.1. The summed E-state index contributed by atoms with van der Waals surface area (Å²) in [6, 6.07) is 9.28. The van der Waals surface area contributed by atoms with Crippen molar-refractivity contribution in [3.63, 3.8) is 0 Å². The number of amides is 1. The SMILES string of the molecule is O=C(N[C@H](CO)c1ccccc1)C1CC1. The quantitative estimate of drug-likeness (QED) is 0.777. The van der Waals surface area contributed by atoms with Gasteiger partial charge in [0.25, 0.3) is 0 Å². The Hall–Kier alpha value is -1.35. The van der Waals surface area contributed by atoms with E-state index in [2.05, 4.69) is 5.32 Å². The first-order valence-electron chi connectivity index (χ1n) is 5.27. The largest absolute Gasteiger partial charge is 0.394 e. The van der Waals surface area contributed by atoms with Crippen molar-refractivity contribution in [3.05, 3.63) is 35.9 Å². The summed E-state index contributed by atoms with van der Waals surface area (Å²) in [5, 5.41) is 12.1. The molecule has 1 aromatic rings. The van der Waals surface area contributed by atoms with E-state index in [1.54, 1.807) is 0 Å². The predicted molar refractivity (Wildman–Crippen MR) is 57.1 cm³/mol. The number of benzene rings is 1. The standard InChI is InChI=1S/C12H15NO2/c14-8-11(9-4-2-1-3-5-9)13-12(15)10-6-7-10/h1-5,10-11,14H,6-8H2,(H,13,15)/t11-/m1/s1. The maximum absolute atomic E-state index is 11.5. The summed E-state index contributed by atoms with van der Waals surface area (Å²) in [7, 11) is 0. The maximum Gasteiger partial charge on any atom is 0.223 e. The maximum atomic E-state index is 11.5. The van der Waals surface area contributed by atoms with Crippen molar-refractivity contribution in [1.82, 2.24) is 5.32 Å². The fourth-order valence-electron chi connectivity index (χ4n) is 1.55. The number of carbonyl (C=O) groups is 1. The smallest absolute Gasteiger partial charge is 0.223 e. The second-order valence-electron chi connectivity index (χ2n) is 3.93. The minimum atomic E-state index is -0.265. The molecule has 1 aromatic carbocycles. The van der Waals surface area contributed by atoms with Crippen LogP contribution < -0.4 is 5.32 Å². The van der Waals surface area contributed by atoms with Gasteiger partial charge in [0, 0.05) is 5.92 Å². The Morgan fingerprint density at radius 1 is 1.40 bits per heavy atom. The molecule has 1 amide bonds. The molecular formula is C12H15NO2. The van der Waals surface area contributed by atoms with Gasteiger partial charge in [-0.3, -0.25) is 4.79 Å². The van der Waals surface area contributed by atoms with E-state index >= 15 is 0 Å². The Labute approximate surface area is 89.1 Å². The number of aliphatic hydroxyl groups is 1. The molecule has 0 radical (unpaired) electrons. The average molecular weight is 205 g/mol. The monoisotopic (exact) mass is 205 g/mol. The molecule has 0 unspecified atom stereocenters. The molecule has 2 rings (SSSR count). The highest BCUT2D eigenvalue weighted by molar-refractivity contribution is 5.81. The van der Waals surface area contributed by atoms with Crippen LogP contribution in [0.4, 0.5) is 0 Å². The summed E-state index contributed by atoms with van der Waals surface area (Å²) >= 11 is 0. The third-order valence-corrected chi connectivity index (χ3v) is 2.65. The van der Waals surface area contributed by atoms with Gasteiger partial charge in [0.2, 0.25) is 5.91 Å². The van der Waals surface area contributed by atoms with E-state index in [-0.39, 0.29) is 24.5 Å². The highest BCUT2D eigenvalue weighted by Crippen LogP contribution is 2.29. The zero-order valence-corrected chi connectivity index (χ0v) is 8.52. The van der Waals surface area contributed by atoms with Crippen molar-refractivity contribution in [2.45, 2.75) is 18.9 Å². The van der Waals surface area contributed by atoms with Gasteiger partial charge in [0.1, 0.15) is 0 Å². The minimum absolute atomic E-state index is 0.0531. The van der Waals surface area contributed by atoms with Gasteiger partial charge in [-0.25, -0.2) is 0 Å². The van der Waals surface area contributed by atoms with Gasteiger partial charge in [-0.2, -0.15) is 0 Å². The molecule has 15 heavy (non-hydrogen) atoms. The van der Waals surface area contributed by atoms with Crippen molar-refractivity contribution in [1.29, 1.82) is 0 Å². The van der Waals surface area contributed by atoms with Gasteiger partial charge in [-0.05, 0) is 18.4 Å². The summed E-state index contributed by atoms with van der Waals surface area (Å²) in [5.41, 5.74) is 0.953. The minimum Gasteiger partial charge on any atom is -0.394 e. The number of hydrogen-bond acceptors (Lipinski definition) is 2. The highest BCUT2D eigenvalue weighted by atomic mass is 16.3. The molecule has 1 saturated carbocycles. The summed E-state index contributed by atoms with van der Waals surface area (Å²) < 4.78 is 0. The van der Waals surface area contributed by atoms with E-state index in [0.717, 1.165) is 18.4 Å². The van der Waals surface area contributed by atoms with Gasteiger partial charge in [0.15, 0.2) is 0 Å². The van der Waals surface area contributed by atoms with Gasteiger partial charge in [0.05, 0.1) is 12.6 Å². The van der Waals surface area contributed by atoms with Crippen LogP contribution >= 0.6 is 0 Å². The average Bonchev–Trinajstić information content (AvgIpc) is 3.10. The van der Waals surface area contributed by atoms with Crippen molar-refractivity contribution in [3.8, 4) is 0 Å². The topological polar surface area (TPSA) is 49.3 Å². The van der Waals surface area contributed by atoms with Crippen LogP contribution in [0.15, 0.2) is 30.3 Å². The molecule has 3 heteroatoms. The molecule has 1 aliphatic carbocycles. The predicted octanol–water partition coefficient (Wildman–Crippen LogP) is 1.25. The van der Waals surface area contributed by atoms with Gasteiger partial charge >= 0.3 is 0 Å². The lowest BCUT2D eigenvalue weighted by molar-refractivity contribution is -0.123. The Balaban J connectivity index is 2.00. The lowest BCUT2D eigenvalue weighted by Gasteiger charge is -2.16. The normalized spacial score (nSPS) is 17.1. The van der Waals surface area contributed by atoms with Gasteiger partial charge in [-0.15, -0.1) is 0 Å². The van der Waals surface area contributed by atoms with Gasteiger partial charge in [-0.1, -0.05) is 30.3 Å². The van der Waals surface area contributed by atoms with E-state index < -0.39 is 0 Å². The Morgan fingerprint density at radius 3 is 2.60 bits per heavy atom. The number of carbonyl (C=O) groups excluding carboxylic acids is 1. The molecule has 0 saturated heterocycles. The first-order chi connectivity index (χ1) is 7.31. The highest BCUT2D eigenvalue weighted by Gasteiger charge is 2.30. The summed E-state index contributed by atoms with van der Waals surface area (Å²) in [6.07, 6.45) is 1.97. The molecule has 0 spiro atoms. The van der Waals surface area contributed by atoms with E-state index in [4.69, 9.17) is 0 Å². The van der Waals surface area contributed by atoms with E-state index in [9.17, 15) is 9.90 Å². The van der Waals surface area contributed by atoms with E-state index in [1.165, 1.54) is 0 Å². The van der Waals surface area contributed by atoms with Crippen LogP contribution in [-0.2, 0) is 4.79 Å². The second kappa shape index (κ2) is 4.45. The second-order valence-corrected chi connectivity index (χ2v) is 3.93. The summed E-state index contributed by atoms with van der Waals surface area (Å²) in [4.78, 5) is 11.5. The molecule has 1 aliphatic rings. The number of aliphatic hydroxyl groups excluding tert-OH is 1. The van der Waals surface area contributed by atoms with Crippen LogP contribution in [0.5, 0.6) is 0 Å². The zero-order valence-electron chi connectivity index (χ0n) is 8.52.